The molecule has 6 nitrogen and oxygen atoms in total. The molecule has 1 fully saturated rings. The molecule has 1 aliphatic heterocycles. The van der Waals surface area contributed by atoms with Crippen LogP contribution in [0.25, 0.3) is 0 Å². The van der Waals surface area contributed by atoms with E-state index in [0.717, 1.165) is 11.3 Å². The van der Waals surface area contributed by atoms with Crippen LogP contribution in [0, 0.1) is 5.92 Å². The van der Waals surface area contributed by atoms with Crippen LogP contribution in [0.1, 0.15) is 12.0 Å². The molecular formula is C14H20N2O4S. The maximum atomic E-state index is 11.9. The van der Waals surface area contributed by atoms with Gasteiger partial charge in [-0.1, -0.05) is 18.2 Å². The molecule has 0 spiro atoms. The largest absolute Gasteiger partial charge is 0.496 e. The second-order valence-electron chi connectivity index (χ2n) is 5.30. The summed E-state index contributed by atoms with van der Waals surface area (Å²) >= 11 is 0. The molecular weight excluding hydrogens is 292 g/mol. The lowest BCUT2D eigenvalue weighted by atomic mass is 10.1. The van der Waals surface area contributed by atoms with Crippen molar-refractivity contribution in [3.05, 3.63) is 29.8 Å². The minimum absolute atomic E-state index is 0.0152. The molecule has 0 aliphatic carbocycles. The summed E-state index contributed by atoms with van der Waals surface area (Å²) in [6.45, 7) is 1.00. The standard InChI is InChI=1S/C14H20N2O4S/c1-20-13-5-3-2-4-12(13)6-7-16-9-11(8-14(16)17)10-21(15,18)19/h2-5,11H,6-10H2,1H3,(H2,15,18,19). The number of hydrogen-bond acceptors (Lipinski definition) is 4. The molecule has 1 atom stereocenters. The highest BCUT2D eigenvalue weighted by atomic mass is 32.2. The van der Waals surface area contributed by atoms with E-state index in [2.05, 4.69) is 0 Å². The van der Waals surface area contributed by atoms with Crippen molar-refractivity contribution >= 4 is 15.9 Å². The van der Waals surface area contributed by atoms with Gasteiger partial charge in [0.2, 0.25) is 15.9 Å². The van der Waals surface area contributed by atoms with Gasteiger partial charge in [0.25, 0.3) is 0 Å². The van der Waals surface area contributed by atoms with Gasteiger partial charge in [0, 0.05) is 25.4 Å². The summed E-state index contributed by atoms with van der Waals surface area (Å²) in [7, 11) is -1.92. The Morgan fingerprint density at radius 2 is 2.10 bits per heavy atom. The molecule has 116 valence electrons. The second-order valence-corrected chi connectivity index (χ2v) is 6.96. The van der Waals surface area contributed by atoms with E-state index in [1.165, 1.54) is 0 Å². The third-order valence-electron chi connectivity index (χ3n) is 3.61. The molecule has 1 heterocycles. The third kappa shape index (κ3) is 4.44. The van der Waals surface area contributed by atoms with Gasteiger partial charge in [0.15, 0.2) is 0 Å². The Kier molecular flexibility index (Phi) is 4.84. The van der Waals surface area contributed by atoms with Gasteiger partial charge in [-0.3, -0.25) is 4.79 Å². The number of carbonyl (C=O) groups excluding carboxylic acids is 1. The molecule has 1 saturated heterocycles. The Labute approximate surface area is 124 Å². The van der Waals surface area contributed by atoms with Gasteiger partial charge in [0.05, 0.1) is 12.9 Å². The minimum Gasteiger partial charge on any atom is -0.496 e. The topological polar surface area (TPSA) is 89.7 Å². The average molecular weight is 312 g/mol. The lowest BCUT2D eigenvalue weighted by Gasteiger charge is -2.17. The van der Waals surface area contributed by atoms with Crippen LogP contribution in [-0.4, -0.2) is 45.2 Å². The molecule has 1 aliphatic rings. The highest BCUT2D eigenvalue weighted by Crippen LogP contribution is 2.22. The molecule has 21 heavy (non-hydrogen) atoms. The first-order valence-electron chi connectivity index (χ1n) is 6.79. The first-order chi connectivity index (χ1) is 9.89. The quantitative estimate of drug-likeness (QED) is 0.822. The van der Waals surface area contributed by atoms with Crippen molar-refractivity contribution < 1.29 is 17.9 Å². The minimum atomic E-state index is -3.53. The van der Waals surface area contributed by atoms with Crippen LogP contribution in [0.2, 0.25) is 0 Å². The van der Waals surface area contributed by atoms with Crippen molar-refractivity contribution in [1.82, 2.24) is 4.90 Å². The number of primary sulfonamides is 1. The molecule has 0 aromatic heterocycles. The number of methoxy groups -OCH3 is 1. The molecule has 1 aromatic rings. The zero-order valence-corrected chi connectivity index (χ0v) is 12.8. The van der Waals surface area contributed by atoms with Crippen molar-refractivity contribution in [2.45, 2.75) is 12.8 Å². The third-order valence-corrected chi connectivity index (χ3v) is 4.54. The SMILES string of the molecule is COc1ccccc1CCN1CC(CS(N)(=O)=O)CC1=O. The molecule has 1 unspecified atom stereocenters. The van der Waals surface area contributed by atoms with Crippen molar-refractivity contribution in [1.29, 1.82) is 0 Å². The molecule has 0 saturated carbocycles. The van der Waals surface area contributed by atoms with Crippen LogP contribution in [-0.2, 0) is 21.2 Å². The number of hydrogen-bond donors (Lipinski definition) is 1. The summed E-state index contributed by atoms with van der Waals surface area (Å²) in [6.07, 6.45) is 0.931. The Bertz CT molecular complexity index is 615. The van der Waals surface area contributed by atoms with E-state index in [1.807, 2.05) is 24.3 Å². The predicted molar refractivity (Wildman–Crippen MR) is 79.4 cm³/mol. The van der Waals surface area contributed by atoms with E-state index in [9.17, 15) is 13.2 Å². The maximum absolute atomic E-state index is 11.9. The number of rotatable bonds is 6. The van der Waals surface area contributed by atoms with E-state index in [4.69, 9.17) is 9.88 Å². The van der Waals surface area contributed by atoms with Crippen LogP contribution in [0.15, 0.2) is 24.3 Å². The number of nitrogens with zero attached hydrogens (tertiary/aromatic N) is 1. The average Bonchev–Trinajstić information content (AvgIpc) is 2.74. The lowest BCUT2D eigenvalue weighted by molar-refractivity contribution is -0.127. The zero-order chi connectivity index (χ0) is 15.5. The molecule has 0 bridgehead atoms. The highest BCUT2D eigenvalue weighted by Gasteiger charge is 2.31. The number of ether oxygens (including phenoxy) is 1. The van der Waals surface area contributed by atoms with Crippen molar-refractivity contribution in [2.75, 3.05) is 26.0 Å². The van der Waals surface area contributed by atoms with Gasteiger partial charge < -0.3 is 9.64 Å². The molecule has 1 amide bonds. The van der Waals surface area contributed by atoms with Crippen molar-refractivity contribution in [3.63, 3.8) is 0 Å². The van der Waals surface area contributed by atoms with Gasteiger partial charge in [-0.25, -0.2) is 13.6 Å². The van der Waals surface area contributed by atoms with Gasteiger partial charge in [-0.2, -0.15) is 0 Å². The summed E-state index contributed by atoms with van der Waals surface area (Å²) in [6, 6.07) is 7.66. The first-order valence-corrected chi connectivity index (χ1v) is 8.50. The van der Waals surface area contributed by atoms with E-state index < -0.39 is 10.0 Å². The van der Waals surface area contributed by atoms with Crippen LogP contribution >= 0.6 is 0 Å². The maximum Gasteiger partial charge on any atom is 0.222 e. The van der Waals surface area contributed by atoms with Crippen molar-refractivity contribution in [3.8, 4) is 5.75 Å². The molecule has 2 N–H and O–H groups in total. The molecule has 0 radical (unpaired) electrons. The van der Waals surface area contributed by atoms with Crippen LogP contribution in [0.4, 0.5) is 0 Å². The second kappa shape index (κ2) is 6.44. The van der Waals surface area contributed by atoms with Gasteiger partial charge in [0.1, 0.15) is 5.75 Å². The summed E-state index contributed by atoms with van der Waals surface area (Å²) < 4.78 is 27.5. The number of benzene rings is 1. The summed E-state index contributed by atoms with van der Waals surface area (Å²) in [5.41, 5.74) is 1.03. The van der Waals surface area contributed by atoms with Gasteiger partial charge >= 0.3 is 0 Å². The van der Waals surface area contributed by atoms with E-state index in [1.54, 1.807) is 12.0 Å². The predicted octanol–water partition coefficient (Wildman–Crippen LogP) is 0.375. The molecule has 2 rings (SSSR count). The highest BCUT2D eigenvalue weighted by molar-refractivity contribution is 7.89. The van der Waals surface area contributed by atoms with E-state index in [0.29, 0.717) is 19.5 Å². The summed E-state index contributed by atoms with van der Waals surface area (Å²) in [5.74, 6) is 0.443. The van der Waals surface area contributed by atoms with E-state index in [-0.39, 0.29) is 24.0 Å². The number of amides is 1. The van der Waals surface area contributed by atoms with Crippen LogP contribution < -0.4 is 9.88 Å². The Morgan fingerprint density at radius 3 is 2.76 bits per heavy atom. The molecule has 1 aromatic carbocycles. The van der Waals surface area contributed by atoms with Gasteiger partial charge in [-0.15, -0.1) is 0 Å². The Balaban J connectivity index is 1.93. The van der Waals surface area contributed by atoms with Crippen LogP contribution in [0.3, 0.4) is 0 Å². The number of carbonyl (C=O) groups is 1. The van der Waals surface area contributed by atoms with Gasteiger partial charge in [-0.05, 0) is 18.1 Å². The summed E-state index contributed by atoms with van der Waals surface area (Å²) in [5, 5.41) is 5.03. The normalized spacial score (nSPS) is 19.0. The van der Waals surface area contributed by atoms with Crippen LogP contribution in [0.5, 0.6) is 5.75 Å². The Hall–Kier alpha value is -1.60. The lowest BCUT2D eigenvalue weighted by Crippen LogP contribution is -2.29. The van der Waals surface area contributed by atoms with E-state index >= 15 is 0 Å². The number of para-hydroxylation sites is 1. The molecule has 7 heteroatoms. The zero-order valence-electron chi connectivity index (χ0n) is 12.0. The number of likely N-dealkylation sites (tertiary alicyclic amines) is 1. The first kappa shape index (κ1) is 15.8. The van der Waals surface area contributed by atoms with Crippen molar-refractivity contribution in [2.24, 2.45) is 11.1 Å². The number of nitrogens with two attached hydrogens (primary N) is 1. The number of sulfonamides is 1. The smallest absolute Gasteiger partial charge is 0.222 e. The monoisotopic (exact) mass is 312 g/mol. The fourth-order valence-electron chi connectivity index (χ4n) is 2.68. The fourth-order valence-corrected chi connectivity index (χ4v) is 3.56. The fraction of sp³-hybridized carbons (Fsp3) is 0.500. The summed E-state index contributed by atoms with van der Waals surface area (Å²) in [4.78, 5) is 13.6. The Morgan fingerprint density at radius 1 is 1.38 bits per heavy atom.